The van der Waals surface area contributed by atoms with Gasteiger partial charge in [0, 0.05) is 25.7 Å². The number of rotatable bonds is 6. The zero-order valence-corrected chi connectivity index (χ0v) is 17.4. The van der Waals surface area contributed by atoms with Gasteiger partial charge in [-0.25, -0.2) is 9.07 Å². The molecule has 1 saturated heterocycles. The molecule has 0 unspecified atom stereocenters. The van der Waals surface area contributed by atoms with Crippen molar-refractivity contribution in [2.75, 3.05) is 13.1 Å². The van der Waals surface area contributed by atoms with Crippen LogP contribution >= 0.6 is 0 Å². The maximum Gasteiger partial charge on any atom is 0.272 e. The Hall–Kier alpha value is -4.01. The molecule has 3 heterocycles. The van der Waals surface area contributed by atoms with Crippen LogP contribution in [0.4, 0.5) is 4.39 Å². The van der Waals surface area contributed by atoms with E-state index in [1.807, 2.05) is 36.5 Å². The zero-order valence-electron chi connectivity index (χ0n) is 17.4. The molecule has 1 fully saturated rings. The number of hydrogen-bond donors (Lipinski definition) is 0. The number of aryl methyl sites for hydroxylation is 1. The van der Waals surface area contributed by atoms with E-state index in [4.69, 9.17) is 4.74 Å². The van der Waals surface area contributed by atoms with Crippen LogP contribution < -0.4 is 4.74 Å². The third kappa shape index (κ3) is 3.96. The monoisotopic (exact) mass is 432 g/mol. The van der Waals surface area contributed by atoms with E-state index >= 15 is 0 Å². The van der Waals surface area contributed by atoms with E-state index in [1.165, 1.54) is 12.1 Å². The molecule has 0 atom stereocenters. The van der Waals surface area contributed by atoms with E-state index < -0.39 is 0 Å². The number of carbonyl (C=O) groups is 1. The average molecular weight is 432 g/mol. The number of benzene rings is 2. The third-order valence-electron chi connectivity index (χ3n) is 5.45. The Morgan fingerprint density at radius 1 is 1.12 bits per heavy atom. The number of hydrogen-bond acceptors (Lipinski definition) is 5. The van der Waals surface area contributed by atoms with Gasteiger partial charge in [-0.3, -0.25) is 9.48 Å². The number of amides is 1. The molecule has 1 amide bonds. The van der Waals surface area contributed by atoms with Crippen LogP contribution in [0.15, 0.2) is 66.9 Å². The van der Waals surface area contributed by atoms with Crippen molar-refractivity contribution in [1.82, 2.24) is 29.7 Å². The Morgan fingerprint density at radius 2 is 1.88 bits per heavy atom. The highest BCUT2D eigenvalue weighted by Crippen LogP contribution is 2.25. The summed E-state index contributed by atoms with van der Waals surface area (Å²) in [6, 6.07) is 17.4. The molecule has 9 heteroatoms. The molecule has 8 nitrogen and oxygen atoms in total. The lowest BCUT2D eigenvalue weighted by Crippen LogP contribution is -2.51. The fourth-order valence-electron chi connectivity index (χ4n) is 3.61. The summed E-state index contributed by atoms with van der Waals surface area (Å²) in [5.41, 5.74) is 2.61. The normalized spacial score (nSPS) is 13.8. The van der Waals surface area contributed by atoms with Gasteiger partial charge in [-0.2, -0.15) is 5.10 Å². The van der Waals surface area contributed by atoms with Gasteiger partial charge in [-0.1, -0.05) is 23.4 Å². The summed E-state index contributed by atoms with van der Waals surface area (Å²) < 4.78 is 22.2. The van der Waals surface area contributed by atoms with Gasteiger partial charge in [-0.05, 0) is 42.5 Å². The highest BCUT2D eigenvalue weighted by atomic mass is 19.1. The predicted molar refractivity (Wildman–Crippen MR) is 114 cm³/mol. The number of para-hydroxylation sites is 1. The van der Waals surface area contributed by atoms with Crippen LogP contribution in [-0.4, -0.2) is 48.7 Å². The Balaban J connectivity index is 1.19. The van der Waals surface area contributed by atoms with E-state index in [0.717, 1.165) is 17.0 Å². The second kappa shape index (κ2) is 8.26. The van der Waals surface area contributed by atoms with Gasteiger partial charge in [0.25, 0.3) is 5.91 Å². The molecule has 0 radical (unpaired) electrons. The number of ether oxygens (including phenoxy) is 1. The number of aromatic nitrogens is 5. The first kappa shape index (κ1) is 19.9. The molecule has 0 spiro atoms. The molecule has 2 aromatic carbocycles. The maximum atomic E-state index is 13.2. The van der Waals surface area contributed by atoms with Crippen LogP contribution in [-0.2, 0) is 13.7 Å². The molecule has 0 saturated carbocycles. The van der Waals surface area contributed by atoms with Crippen molar-refractivity contribution >= 4 is 5.91 Å². The molecule has 1 aliphatic rings. The van der Waals surface area contributed by atoms with E-state index in [9.17, 15) is 9.18 Å². The summed E-state index contributed by atoms with van der Waals surface area (Å²) in [4.78, 5) is 14.7. The van der Waals surface area contributed by atoms with E-state index in [0.29, 0.717) is 31.1 Å². The Morgan fingerprint density at radius 3 is 2.62 bits per heavy atom. The van der Waals surface area contributed by atoms with Crippen LogP contribution in [0.5, 0.6) is 5.75 Å². The maximum absolute atomic E-state index is 13.2. The minimum Gasteiger partial charge on any atom is -0.487 e. The molecule has 0 N–H and O–H groups in total. The van der Waals surface area contributed by atoms with Crippen LogP contribution in [0.2, 0.25) is 0 Å². The fourth-order valence-corrected chi connectivity index (χ4v) is 3.61. The lowest BCUT2D eigenvalue weighted by Gasteiger charge is -2.38. The molecule has 0 bridgehead atoms. The van der Waals surface area contributed by atoms with Gasteiger partial charge in [0.1, 0.15) is 29.6 Å². The number of halogens is 1. The molecule has 0 aliphatic carbocycles. The minimum atomic E-state index is -0.310. The zero-order chi connectivity index (χ0) is 22.1. The molecule has 1 aliphatic heterocycles. The second-order valence-corrected chi connectivity index (χ2v) is 7.70. The summed E-state index contributed by atoms with van der Waals surface area (Å²) in [5, 5.41) is 12.8. The predicted octanol–water partition coefficient (Wildman–Crippen LogP) is 3.09. The lowest BCUT2D eigenvalue weighted by molar-refractivity contribution is 0.0487. The van der Waals surface area contributed by atoms with Crippen LogP contribution in [0.1, 0.15) is 22.2 Å². The second-order valence-electron chi connectivity index (χ2n) is 7.70. The first-order valence-electron chi connectivity index (χ1n) is 10.2. The van der Waals surface area contributed by atoms with Crippen LogP contribution in [0.25, 0.3) is 11.3 Å². The summed E-state index contributed by atoms with van der Waals surface area (Å²) in [7, 11) is 1.73. The summed E-state index contributed by atoms with van der Waals surface area (Å²) in [6.45, 7) is 1.41. The van der Waals surface area contributed by atoms with Crippen molar-refractivity contribution in [2.24, 2.45) is 7.05 Å². The number of nitrogens with zero attached hydrogens (tertiary/aromatic N) is 6. The summed E-state index contributed by atoms with van der Waals surface area (Å²) >= 11 is 0. The van der Waals surface area contributed by atoms with Crippen molar-refractivity contribution in [1.29, 1.82) is 0 Å². The SMILES string of the molecule is Cn1nc(-c2ccc(F)cc2)cc1C(=O)N1CC(n2cc(COc3ccccc3)nn2)C1. The van der Waals surface area contributed by atoms with E-state index in [2.05, 4.69) is 15.4 Å². The molecule has 5 rings (SSSR count). The van der Waals surface area contributed by atoms with Crippen LogP contribution in [0.3, 0.4) is 0 Å². The molecule has 2 aromatic heterocycles. The van der Waals surface area contributed by atoms with E-state index in [1.54, 1.807) is 39.5 Å². The molecule has 32 heavy (non-hydrogen) atoms. The van der Waals surface area contributed by atoms with Crippen LogP contribution in [0, 0.1) is 5.82 Å². The first-order chi connectivity index (χ1) is 15.6. The van der Waals surface area contributed by atoms with Gasteiger partial charge >= 0.3 is 0 Å². The number of likely N-dealkylation sites (tertiary alicyclic amines) is 1. The summed E-state index contributed by atoms with van der Waals surface area (Å²) in [5.74, 6) is 0.367. The smallest absolute Gasteiger partial charge is 0.272 e. The summed E-state index contributed by atoms with van der Waals surface area (Å²) in [6.07, 6.45) is 1.85. The van der Waals surface area contributed by atoms with E-state index in [-0.39, 0.29) is 17.8 Å². The van der Waals surface area contributed by atoms with Crippen molar-refractivity contribution in [3.63, 3.8) is 0 Å². The van der Waals surface area contributed by atoms with Crippen molar-refractivity contribution < 1.29 is 13.9 Å². The largest absolute Gasteiger partial charge is 0.487 e. The Labute approximate surface area is 183 Å². The topological polar surface area (TPSA) is 78.1 Å². The van der Waals surface area contributed by atoms with Gasteiger partial charge in [-0.15, -0.1) is 5.10 Å². The average Bonchev–Trinajstić information content (AvgIpc) is 3.39. The van der Waals surface area contributed by atoms with Crippen molar-refractivity contribution in [3.05, 3.63) is 84.1 Å². The van der Waals surface area contributed by atoms with Crippen molar-refractivity contribution in [2.45, 2.75) is 12.6 Å². The third-order valence-corrected chi connectivity index (χ3v) is 5.45. The fraction of sp³-hybridized carbons (Fsp3) is 0.217. The quantitative estimate of drug-likeness (QED) is 0.468. The Kier molecular flexibility index (Phi) is 5.14. The molecule has 162 valence electrons. The van der Waals surface area contributed by atoms with Gasteiger partial charge in [0.05, 0.1) is 17.9 Å². The molecular formula is C23H21FN6O2. The van der Waals surface area contributed by atoms with Gasteiger partial charge in [0.15, 0.2) is 0 Å². The minimum absolute atomic E-state index is 0.0710. The lowest BCUT2D eigenvalue weighted by atomic mass is 10.1. The van der Waals surface area contributed by atoms with Gasteiger partial charge < -0.3 is 9.64 Å². The highest BCUT2D eigenvalue weighted by Gasteiger charge is 2.34. The highest BCUT2D eigenvalue weighted by molar-refractivity contribution is 5.94. The Bertz CT molecular complexity index is 1230. The molecular weight excluding hydrogens is 411 g/mol. The molecule has 4 aromatic rings. The van der Waals surface area contributed by atoms with Gasteiger partial charge in [0.2, 0.25) is 0 Å². The number of carbonyl (C=O) groups excluding carboxylic acids is 1. The van der Waals surface area contributed by atoms with Crippen molar-refractivity contribution in [3.8, 4) is 17.0 Å². The first-order valence-corrected chi connectivity index (χ1v) is 10.2. The standard InChI is InChI=1S/C23H21FN6O2/c1-28-22(11-21(26-28)16-7-9-17(24)10-8-16)23(31)29-13-19(14-29)30-12-18(25-27-30)15-32-20-5-3-2-4-6-20/h2-12,19H,13-15H2,1H3.